The second-order valence-electron chi connectivity index (χ2n) is 5.44. The maximum Gasteiger partial charge on any atom is 0.251 e. The van der Waals surface area contributed by atoms with Gasteiger partial charge in [0.25, 0.3) is 5.91 Å². The number of carbonyl (C=O) groups is 1. The Morgan fingerprint density at radius 1 is 1.20 bits per heavy atom. The van der Waals surface area contributed by atoms with Crippen LogP contribution in [0.1, 0.15) is 15.9 Å². The van der Waals surface area contributed by atoms with E-state index in [1.165, 1.54) is 6.07 Å². The normalized spacial score (nSPS) is 11.0. The van der Waals surface area contributed by atoms with Crippen molar-refractivity contribution in [2.45, 2.75) is 6.92 Å². The molecule has 25 heavy (non-hydrogen) atoms. The number of amides is 1. The van der Waals surface area contributed by atoms with Gasteiger partial charge in [0.1, 0.15) is 12.4 Å². The lowest BCUT2D eigenvalue weighted by Crippen LogP contribution is -2.28. The van der Waals surface area contributed by atoms with Crippen LogP contribution in [0.15, 0.2) is 42.5 Å². The number of hydrogen-bond acceptors (Lipinski definition) is 4. The predicted octanol–water partition coefficient (Wildman–Crippen LogP) is 2.83. The molecule has 0 saturated heterocycles. The standard InChI is InChI=1S/C17H19ClN2O4S/c1-12-7-8-13(11-15(12)20-25(2,22)23)17(21)19-9-10-24-16-6-4-3-5-14(16)18/h3-8,11,20H,9-10H2,1-2H3,(H,19,21). The Labute approximate surface area is 152 Å². The van der Waals surface area contributed by atoms with Gasteiger partial charge in [-0.1, -0.05) is 29.8 Å². The van der Waals surface area contributed by atoms with E-state index in [2.05, 4.69) is 10.0 Å². The molecule has 0 aliphatic carbocycles. The van der Waals surface area contributed by atoms with Gasteiger partial charge in [-0.2, -0.15) is 0 Å². The first-order chi connectivity index (χ1) is 11.8. The number of hydrogen-bond donors (Lipinski definition) is 2. The molecule has 8 heteroatoms. The molecule has 1 amide bonds. The van der Waals surface area contributed by atoms with Crippen LogP contribution in [0.2, 0.25) is 5.02 Å². The molecule has 0 radical (unpaired) electrons. The zero-order chi connectivity index (χ0) is 18.4. The predicted molar refractivity (Wildman–Crippen MR) is 98.9 cm³/mol. The number of rotatable bonds is 7. The summed E-state index contributed by atoms with van der Waals surface area (Å²) in [5, 5.41) is 3.22. The quantitative estimate of drug-likeness (QED) is 0.721. The molecular weight excluding hydrogens is 364 g/mol. The average molecular weight is 383 g/mol. The van der Waals surface area contributed by atoms with Crippen LogP contribution >= 0.6 is 11.6 Å². The van der Waals surface area contributed by atoms with Gasteiger partial charge in [0.2, 0.25) is 10.0 Å². The number of benzene rings is 2. The topological polar surface area (TPSA) is 84.5 Å². The van der Waals surface area contributed by atoms with E-state index in [1.807, 2.05) is 6.07 Å². The third-order valence-corrected chi connectivity index (χ3v) is 4.18. The molecule has 0 bridgehead atoms. The SMILES string of the molecule is Cc1ccc(C(=O)NCCOc2ccccc2Cl)cc1NS(C)(=O)=O. The number of ether oxygens (including phenoxy) is 1. The summed E-state index contributed by atoms with van der Waals surface area (Å²) < 4.78 is 30.6. The minimum Gasteiger partial charge on any atom is -0.490 e. The highest BCUT2D eigenvalue weighted by atomic mass is 35.5. The van der Waals surface area contributed by atoms with Crippen molar-refractivity contribution in [1.82, 2.24) is 5.32 Å². The van der Waals surface area contributed by atoms with Crippen LogP contribution < -0.4 is 14.8 Å². The van der Waals surface area contributed by atoms with Gasteiger partial charge < -0.3 is 10.1 Å². The van der Waals surface area contributed by atoms with E-state index in [9.17, 15) is 13.2 Å². The molecule has 6 nitrogen and oxygen atoms in total. The monoisotopic (exact) mass is 382 g/mol. The van der Waals surface area contributed by atoms with E-state index in [4.69, 9.17) is 16.3 Å². The van der Waals surface area contributed by atoms with Crippen molar-refractivity contribution in [3.8, 4) is 5.75 Å². The van der Waals surface area contributed by atoms with Crippen molar-refractivity contribution in [3.63, 3.8) is 0 Å². The highest BCUT2D eigenvalue weighted by Crippen LogP contribution is 2.22. The van der Waals surface area contributed by atoms with Crippen molar-refractivity contribution in [2.24, 2.45) is 0 Å². The summed E-state index contributed by atoms with van der Waals surface area (Å²) in [7, 11) is -3.41. The summed E-state index contributed by atoms with van der Waals surface area (Å²) in [6.07, 6.45) is 1.06. The molecule has 2 aromatic rings. The molecule has 0 saturated carbocycles. The van der Waals surface area contributed by atoms with Crippen LogP contribution in [-0.4, -0.2) is 33.7 Å². The number of sulfonamides is 1. The maximum atomic E-state index is 12.2. The van der Waals surface area contributed by atoms with E-state index in [-0.39, 0.29) is 19.1 Å². The Kier molecular flexibility index (Phi) is 6.27. The number of anilines is 1. The highest BCUT2D eigenvalue weighted by Gasteiger charge is 2.10. The molecule has 2 rings (SSSR count). The molecule has 0 heterocycles. The molecule has 0 aliphatic heterocycles. The molecule has 0 aliphatic rings. The van der Waals surface area contributed by atoms with Gasteiger partial charge in [0.15, 0.2) is 0 Å². The van der Waals surface area contributed by atoms with Gasteiger partial charge in [-0.15, -0.1) is 0 Å². The lowest BCUT2D eigenvalue weighted by atomic mass is 10.1. The first-order valence-electron chi connectivity index (χ1n) is 7.50. The minimum absolute atomic E-state index is 0.260. The number of halogens is 1. The minimum atomic E-state index is -3.41. The highest BCUT2D eigenvalue weighted by molar-refractivity contribution is 7.92. The third-order valence-electron chi connectivity index (χ3n) is 3.28. The number of para-hydroxylation sites is 1. The fourth-order valence-electron chi connectivity index (χ4n) is 2.06. The Morgan fingerprint density at radius 3 is 2.60 bits per heavy atom. The van der Waals surface area contributed by atoms with E-state index < -0.39 is 10.0 Å². The number of nitrogens with one attached hydrogen (secondary N) is 2. The Bertz CT molecular complexity index is 869. The summed E-state index contributed by atoms with van der Waals surface area (Å²) in [6, 6.07) is 11.9. The van der Waals surface area contributed by atoms with E-state index >= 15 is 0 Å². The average Bonchev–Trinajstić information content (AvgIpc) is 2.53. The molecule has 0 atom stereocenters. The Morgan fingerprint density at radius 2 is 1.92 bits per heavy atom. The Hall–Kier alpha value is -2.25. The van der Waals surface area contributed by atoms with Crippen LogP contribution in [0.25, 0.3) is 0 Å². The van der Waals surface area contributed by atoms with E-state index in [0.29, 0.717) is 22.0 Å². The van der Waals surface area contributed by atoms with Crippen molar-refractivity contribution < 1.29 is 17.9 Å². The zero-order valence-corrected chi connectivity index (χ0v) is 15.4. The lowest BCUT2D eigenvalue weighted by Gasteiger charge is -2.11. The lowest BCUT2D eigenvalue weighted by molar-refractivity contribution is 0.0947. The smallest absolute Gasteiger partial charge is 0.251 e. The van der Waals surface area contributed by atoms with Gasteiger partial charge in [0.05, 0.1) is 23.5 Å². The van der Waals surface area contributed by atoms with Crippen molar-refractivity contribution >= 4 is 33.2 Å². The maximum absolute atomic E-state index is 12.2. The number of aryl methyl sites for hydroxylation is 1. The third kappa shape index (κ3) is 5.95. The van der Waals surface area contributed by atoms with Crippen molar-refractivity contribution in [2.75, 3.05) is 24.1 Å². The van der Waals surface area contributed by atoms with Gasteiger partial charge in [0, 0.05) is 5.56 Å². The first kappa shape index (κ1) is 19.1. The Balaban J connectivity index is 1.92. The summed E-state index contributed by atoms with van der Waals surface area (Å²) in [5.74, 6) is 0.229. The van der Waals surface area contributed by atoms with Crippen molar-refractivity contribution in [1.29, 1.82) is 0 Å². The summed E-state index contributed by atoms with van der Waals surface area (Å²) in [4.78, 5) is 12.2. The second kappa shape index (κ2) is 8.22. The molecule has 2 N–H and O–H groups in total. The molecule has 2 aromatic carbocycles. The second-order valence-corrected chi connectivity index (χ2v) is 7.59. The molecule has 0 unspecified atom stereocenters. The fourth-order valence-corrected chi connectivity index (χ4v) is 2.87. The first-order valence-corrected chi connectivity index (χ1v) is 9.77. The van der Waals surface area contributed by atoms with Crippen LogP contribution in [0, 0.1) is 6.92 Å². The molecule has 0 fully saturated rings. The largest absolute Gasteiger partial charge is 0.490 e. The van der Waals surface area contributed by atoms with Gasteiger partial charge >= 0.3 is 0 Å². The van der Waals surface area contributed by atoms with Gasteiger partial charge in [-0.25, -0.2) is 8.42 Å². The van der Waals surface area contributed by atoms with E-state index in [1.54, 1.807) is 37.3 Å². The summed E-state index contributed by atoms with van der Waals surface area (Å²) >= 11 is 5.98. The van der Waals surface area contributed by atoms with Crippen LogP contribution in [0.4, 0.5) is 5.69 Å². The molecule has 0 aromatic heterocycles. The zero-order valence-electron chi connectivity index (χ0n) is 13.9. The van der Waals surface area contributed by atoms with Crippen molar-refractivity contribution in [3.05, 3.63) is 58.6 Å². The summed E-state index contributed by atoms with van der Waals surface area (Å²) in [5.41, 5.74) is 1.46. The summed E-state index contributed by atoms with van der Waals surface area (Å²) in [6.45, 7) is 2.30. The van der Waals surface area contributed by atoms with Crippen LogP contribution in [0.5, 0.6) is 5.75 Å². The van der Waals surface area contributed by atoms with Crippen LogP contribution in [0.3, 0.4) is 0 Å². The van der Waals surface area contributed by atoms with E-state index in [0.717, 1.165) is 11.8 Å². The van der Waals surface area contributed by atoms with Gasteiger partial charge in [-0.3, -0.25) is 9.52 Å². The van der Waals surface area contributed by atoms with Gasteiger partial charge in [-0.05, 0) is 36.8 Å². The fraction of sp³-hybridized carbons (Fsp3) is 0.235. The molecule has 134 valence electrons. The molecule has 0 spiro atoms. The number of carbonyl (C=O) groups excluding carboxylic acids is 1. The van der Waals surface area contributed by atoms with Crippen LogP contribution in [-0.2, 0) is 10.0 Å². The molecular formula is C17H19ClN2O4S.